The Hall–Kier alpha value is -2.97. The Labute approximate surface area is 255 Å². The Morgan fingerprint density at radius 3 is 2.30 bits per heavy atom. The third-order valence-electron chi connectivity index (χ3n) is 10.4. The molecule has 2 atom stereocenters. The van der Waals surface area contributed by atoms with Gasteiger partial charge in [-0.2, -0.15) is 0 Å². The predicted octanol–water partition coefficient (Wildman–Crippen LogP) is 4.71. The van der Waals surface area contributed by atoms with E-state index in [9.17, 15) is 24.6 Å². The van der Waals surface area contributed by atoms with Crippen LogP contribution in [0, 0.1) is 17.3 Å². The summed E-state index contributed by atoms with van der Waals surface area (Å²) >= 11 is 0. The molecule has 1 unspecified atom stereocenters. The monoisotopic (exact) mass is 591 g/mol. The van der Waals surface area contributed by atoms with Gasteiger partial charge in [0.2, 0.25) is 5.91 Å². The number of hydrogen-bond donors (Lipinski definition) is 2. The van der Waals surface area contributed by atoms with Crippen molar-refractivity contribution in [3.8, 4) is 11.1 Å². The van der Waals surface area contributed by atoms with Crippen LogP contribution in [0.3, 0.4) is 0 Å². The van der Waals surface area contributed by atoms with Gasteiger partial charge in [-0.15, -0.1) is 0 Å². The van der Waals surface area contributed by atoms with Gasteiger partial charge in [0.05, 0.1) is 23.8 Å². The number of carbonyl (C=O) groups is 2. The first kappa shape index (κ1) is 31.5. The Morgan fingerprint density at radius 2 is 1.65 bits per heavy atom. The van der Waals surface area contributed by atoms with E-state index in [4.69, 9.17) is 0 Å². The van der Waals surface area contributed by atoms with E-state index in [0.29, 0.717) is 62.5 Å². The summed E-state index contributed by atoms with van der Waals surface area (Å²) < 4.78 is 1.48. The quantitative estimate of drug-likeness (QED) is 0.486. The topological polar surface area (TPSA) is 103 Å². The highest BCUT2D eigenvalue weighted by molar-refractivity contribution is 6.00. The summed E-state index contributed by atoms with van der Waals surface area (Å²) in [6, 6.07) is 10.9. The van der Waals surface area contributed by atoms with Crippen LogP contribution in [0.5, 0.6) is 0 Å². The minimum absolute atomic E-state index is 0.0343. The Morgan fingerprint density at radius 1 is 0.977 bits per heavy atom. The van der Waals surface area contributed by atoms with Crippen molar-refractivity contribution in [3.05, 3.63) is 58.5 Å². The Kier molecular flexibility index (Phi) is 9.47. The molecular formula is C35H49N3O5. The summed E-state index contributed by atoms with van der Waals surface area (Å²) in [6.07, 6.45) is 9.77. The standard InChI is InChI=1S/C35H49N3O5/c1-25(20-26-10-6-4-7-11-26)32(41)37-19-16-35(43,34(2,3)23-37)24-38-22-30(33(42)36-17-14-28(39)15-18-36)29(21-31(38)40)27-12-8-5-9-13-27/h5,8-9,12-13,21-22,25-26,28,39,43H,4,6-7,10-11,14-20,23-24H2,1-3H3/t25?,35-/m1/s1. The molecule has 3 aliphatic rings. The van der Waals surface area contributed by atoms with Crippen LogP contribution in [0.2, 0.25) is 0 Å². The fourth-order valence-corrected chi connectivity index (χ4v) is 7.42. The number of hydrogen-bond acceptors (Lipinski definition) is 5. The van der Waals surface area contributed by atoms with E-state index in [1.54, 1.807) is 11.1 Å². The average Bonchev–Trinajstić information content (AvgIpc) is 3.00. The van der Waals surface area contributed by atoms with E-state index in [-0.39, 0.29) is 29.8 Å². The van der Waals surface area contributed by atoms with Gasteiger partial charge >= 0.3 is 0 Å². The van der Waals surface area contributed by atoms with Gasteiger partial charge in [-0.1, -0.05) is 83.2 Å². The minimum Gasteiger partial charge on any atom is -0.393 e. The van der Waals surface area contributed by atoms with Crippen molar-refractivity contribution in [2.24, 2.45) is 17.3 Å². The van der Waals surface area contributed by atoms with Crippen LogP contribution in [-0.4, -0.2) is 74.3 Å². The van der Waals surface area contributed by atoms with Crippen molar-refractivity contribution in [1.29, 1.82) is 0 Å². The zero-order chi connectivity index (χ0) is 30.8. The molecule has 3 fully saturated rings. The molecule has 8 heteroatoms. The van der Waals surface area contributed by atoms with Crippen molar-refractivity contribution >= 4 is 11.8 Å². The summed E-state index contributed by atoms with van der Waals surface area (Å²) in [5, 5.41) is 22.0. The maximum Gasteiger partial charge on any atom is 0.255 e. The molecule has 1 aliphatic carbocycles. The van der Waals surface area contributed by atoms with Crippen molar-refractivity contribution in [1.82, 2.24) is 14.4 Å². The molecule has 1 aromatic carbocycles. The van der Waals surface area contributed by atoms with E-state index in [1.807, 2.05) is 56.0 Å². The zero-order valence-corrected chi connectivity index (χ0v) is 26.1. The van der Waals surface area contributed by atoms with Crippen LogP contribution in [0.25, 0.3) is 11.1 Å². The molecule has 2 saturated heterocycles. The molecule has 2 aromatic rings. The van der Waals surface area contributed by atoms with Crippen molar-refractivity contribution in [2.45, 2.75) is 96.8 Å². The zero-order valence-electron chi connectivity index (χ0n) is 26.1. The highest BCUT2D eigenvalue weighted by Crippen LogP contribution is 2.41. The number of piperidine rings is 2. The maximum absolute atomic E-state index is 13.8. The number of carbonyl (C=O) groups excluding carboxylic acids is 2. The molecule has 2 aliphatic heterocycles. The van der Waals surface area contributed by atoms with E-state index in [0.717, 1.165) is 12.0 Å². The first-order chi connectivity index (χ1) is 20.5. The third-order valence-corrected chi connectivity index (χ3v) is 10.4. The number of aromatic nitrogens is 1. The van der Waals surface area contributed by atoms with Gasteiger partial charge in [0, 0.05) is 55.3 Å². The molecule has 0 bridgehead atoms. The summed E-state index contributed by atoms with van der Waals surface area (Å²) in [7, 11) is 0. The van der Waals surface area contributed by atoms with E-state index in [1.165, 1.54) is 42.7 Å². The number of aliphatic hydroxyl groups excluding tert-OH is 1. The smallest absolute Gasteiger partial charge is 0.255 e. The van der Waals surface area contributed by atoms with Crippen LogP contribution in [0.15, 0.2) is 47.4 Å². The van der Waals surface area contributed by atoms with Crippen molar-refractivity contribution < 1.29 is 19.8 Å². The lowest BCUT2D eigenvalue weighted by Gasteiger charge is -2.51. The lowest BCUT2D eigenvalue weighted by molar-refractivity contribution is -0.157. The molecular weight excluding hydrogens is 542 g/mol. The Balaban J connectivity index is 1.37. The maximum atomic E-state index is 13.8. The molecule has 234 valence electrons. The molecule has 1 saturated carbocycles. The third kappa shape index (κ3) is 6.91. The highest BCUT2D eigenvalue weighted by atomic mass is 16.3. The number of pyridine rings is 1. The van der Waals surface area contributed by atoms with E-state index < -0.39 is 17.1 Å². The lowest BCUT2D eigenvalue weighted by atomic mass is 9.69. The molecule has 43 heavy (non-hydrogen) atoms. The SMILES string of the molecule is CC(CC1CCCCC1)C(=O)N1CC[C@@](O)(Cn2cc(C(=O)N3CCC(O)CC3)c(-c3ccccc3)cc2=O)C(C)(C)C1. The summed E-state index contributed by atoms with van der Waals surface area (Å²) in [5.41, 5.74) is -0.446. The van der Waals surface area contributed by atoms with Gasteiger partial charge in [-0.3, -0.25) is 14.4 Å². The molecule has 3 heterocycles. The molecule has 0 spiro atoms. The first-order valence-corrected chi connectivity index (χ1v) is 16.3. The second kappa shape index (κ2) is 12.9. The number of nitrogens with zero attached hydrogens (tertiary/aromatic N) is 3. The minimum atomic E-state index is -1.25. The number of benzene rings is 1. The highest BCUT2D eigenvalue weighted by Gasteiger charge is 2.49. The summed E-state index contributed by atoms with van der Waals surface area (Å²) in [4.78, 5) is 44.4. The van der Waals surface area contributed by atoms with Crippen molar-refractivity contribution in [2.75, 3.05) is 26.2 Å². The lowest BCUT2D eigenvalue weighted by Crippen LogP contribution is -2.61. The summed E-state index contributed by atoms with van der Waals surface area (Å²) in [5.74, 6) is 0.561. The van der Waals surface area contributed by atoms with E-state index >= 15 is 0 Å². The number of rotatable bonds is 7. The molecule has 0 radical (unpaired) electrons. The van der Waals surface area contributed by atoms with Gasteiger partial charge < -0.3 is 24.6 Å². The van der Waals surface area contributed by atoms with Crippen LogP contribution in [-0.2, 0) is 11.3 Å². The normalized spacial score (nSPS) is 24.1. The molecule has 8 nitrogen and oxygen atoms in total. The van der Waals surface area contributed by atoms with Crippen LogP contribution in [0.4, 0.5) is 0 Å². The fourth-order valence-electron chi connectivity index (χ4n) is 7.42. The van der Waals surface area contributed by atoms with Crippen LogP contribution in [0.1, 0.15) is 88.9 Å². The van der Waals surface area contributed by atoms with Gasteiger partial charge in [0.25, 0.3) is 11.5 Å². The average molecular weight is 592 g/mol. The summed E-state index contributed by atoms with van der Waals surface area (Å²) in [6.45, 7) is 7.76. The number of amides is 2. The van der Waals surface area contributed by atoms with Gasteiger partial charge in [-0.25, -0.2) is 0 Å². The van der Waals surface area contributed by atoms with Crippen molar-refractivity contribution in [3.63, 3.8) is 0 Å². The second-order valence-corrected chi connectivity index (χ2v) is 14.0. The van der Waals surface area contributed by atoms with Gasteiger partial charge in [-0.05, 0) is 37.2 Å². The van der Waals surface area contributed by atoms with Crippen LogP contribution >= 0.6 is 0 Å². The number of likely N-dealkylation sites (tertiary alicyclic amines) is 2. The van der Waals surface area contributed by atoms with Gasteiger partial charge in [0.1, 0.15) is 0 Å². The van der Waals surface area contributed by atoms with Gasteiger partial charge in [0.15, 0.2) is 0 Å². The molecule has 5 rings (SSSR count). The number of aliphatic hydroxyl groups is 2. The molecule has 1 aromatic heterocycles. The molecule has 2 amide bonds. The van der Waals surface area contributed by atoms with Crippen LogP contribution < -0.4 is 5.56 Å². The largest absolute Gasteiger partial charge is 0.393 e. The molecule has 2 N–H and O–H groups in total. The van der Waals surface area contributed by atoms with E-state index in [2.05, 4.69) is 0 Å². The first-order valence-electron chi connectivity index (χ1n) is 16.3. The fraction of sp³-hybridized carbons (Fsp3) is 0.629. The predicted molar refractivity (Wildman–Crippen MR) is 168 cm³/mol. The Bertz CT molecular complexity index is 1340. The second-order valence-electron chi connectivity index (χ2n) is 14.0.